The molecule has 15 rings (SSSR count). The van der Waals surface area contributed by atoms with Crippen molar-refractivity contribution in [2.75, 3.05) is 34.3 Å². The van der Waals surface area contributed by atoms with Gasteiger partial charge in [0.15, 0.2) is 0 Å². The Balaban J connectivity index is 1.000. The van der Waals surface area contributed by atoms with Crippen molar-refractivity contribution in [1.29, 1.82) is 0 Å². The van der Waals surface area contributed by atoms with Crippen LogP contribution in [-0.2, 0) is 0 Å². The molecule has 0 fully saturated rings. The Kier molecular flexibility index (Phi) is 16.6. The van der Waals surface area contributed by atoms with Gasteiger partial charge in [0, 0.05) is 39.8 Å². The number of aromatic nitrogens is 7. The number of nitrogens with zero attached hydrogens (tertiary/aromatic N) is 14. The van der Waals surface area contributed by atoms with Crippen molar-refractivity contribution in [3.63, 3.8) is 0 Å². The lowest BCUT2D eigenvalue weighted by Crippen LogP contribution is -2.20. The van der Waals surface area contributed by atoms with E-state index in [1.54, 1.807) is 0 Å². The highest BCUT2D eigenvalue weighted by molar-refractivity contribution is 5.85. The number of aryl methyl sites for hydroxylation is 7. The fourth-order valence-electron chi connectivity index (χ4n) is 12.2. The second-order valence-corrected chi connectivity index (χ2v) is 24.7. The van der Waals surface area contributed by atoms with Crippen LogP contribution in [0.2, 0.25) is 0 Å². The maximum absolute atomic E-state index is 5.64. The lowest BCUT2D eigenvalue weighted by atomic mass is 10.2. The Hall–Kier alpha value is -12.8. The van der Waals surface area contributed by atoms with E-state index >= 15 is 0 Å². The summed E-state index contributed by atoms with van der Waals surface area (Å²) < 4.78 is 0. The number of hydrogen-bond donors (Lipinski definition) is 0. The number of benzene rings is 7. The number of anilines is 21. The van der Waals surface area contributed by atoms with E-state index in [1.165, 1.54) is 0 Å². The second kappa shape index (κ2) is 26.5. The number of pyridine rings is 7. The van der Waals surface area contributed by atoms with Crippen molar-refractivity contribution in [2.24, 2.45) is 0 Å². The maximum Gasteiger partial charge on any atom is 0.141 e. The molecule has 8 heterocycles. The molecule has 0 saturated carbocycles. The molecular weight excluding hydrogens is 1210 g/mol. The minimum atomic E-state index is 0.629. The van der Waals surface area contributed by atoms with Gasteiger partial charge in [-0.05, 0) is 218 Å². The lowest BCUT2D eigenvalue weighted by Gasteiger charge is -2.30. The highest BCUT2D eigenvalue weighted by Gasteiger charge is 2.28. The van der Waals surface area contributed by atoms with Gasteiger partial charge < -0.3 is 0 Å². The van der Waals surface area contributed by atoms with Crippen molar-refractivity contribution in [3.05, 3.63) is 336 Å². The summed E-state index contributed by atoms with van der Waals surface area (Å²) in [6.07, 6.45) is 0. The van der Waals surface area contributed by atoms with Gasteiger partial charge in [0.25, 0.3) is 0 Å². The molecule has 0 N–H and O–H groups in total. The smallest absolute Gasteiger partial charge is 0.141 e. The third kappa shape index (κ3) is 12.6. The molecule has 0 radical (unpaired) electrons. The minimum Gasteiger partial charge on any atom is -0.279 e. The van der Waals surface area contributed by atoms with E-state index in [-0.39, 0.29) is 0 Å². The van der Waals surface area contributed by atoms with Crippen LogP contribution in [-0.4, -0.2) is 34.9 Å². The summed E-state index contributed by atoms with van der Waals surface area (Å²) in [6.45, 7) is 14.7. The normalized spacial score (nSPS) is 12.5. The van der Waals surface area contributed by atoms with Crippen molar-refractivity contribution < 1.29 is 0 Å². The fourth-order valence-corrected chi connectivity index (χ4v) is 12.2. The van der Waals surface area contributed by atoms with Gasteiger partial charge >= 0.3 is 0 Å². The zero-order valence-electron chi connectivity index (χ0n) is 55.6. The van der Waals surface area contributed by atoms with E-state index in [9.17, 15) is 0 Å². The molecule has 0 atom stereocenters. The lowest BCUT2D eigenvalue weighted by molar-refractivity contribution is 1.05. The third-order valence-electron chi connectivity index (χ3n) is 17.3. The first-order valence-electron chi connectivity index (χ1n) is 32.8. The molecule has 0 saturated heterocycles. The standard InChI is InChI=1S/C84H70N14/c1-57-29-43-64(44-30-57)92-71-15-8-17-73(85-71)93(65-45-31-58(2)32-46-65)75-19-10-21-77(87-75)95(67-49-35-60(4)36-50-67)79-23-12-25-81(89-79)97(69-53-39-62(6)40-54-69)83-27-14-28-84(91-83)98(70-55-41-63(7)42-56-70)82-26-13-24-80(90-82)96(68-51-37-61(5)38-52-68)78-22-11-20-76(88-78)94(66-47-33-59(3)34-48-66)74-18-9-16-72(92)86-74/h8-56H,1-7H3. The van der Waals surface area contributed by atoms with Crippen LogP contribution in [0.3, 0.4) is 0 Å². The van der Waals surface area contributed by atoms with Gasteiger partial charge in [-0.15, -0.1) is 0 Å². The summed E-state index contributed by atoms with van der Waals surface area (Å²) in [4.78, 5) is 54.2. The molecule has 14 heteroatoms. The van der Waals surface area contributed by atoms with E-state index in [0.29, 0.717) is 81.5 Å². The van der Waals surface area contributed by atoms with Gasteiger partial charge in [-0.1, -0.05) is 166 Å². The van der Waals surface area contributed by atoms with Crippen LogP contribution in [0.25, 0.3) is 0 Å². The van der Waals surface area contributed by atoms with Crippen molar-refractivity contribution in [1.82, 2.24) is 34.9 Å². The summed E-state index contributed by atoms with van der Waals surface area (Å²) in [6, 6.07) is 102. The SMILES string of the molecule is Cc1ccc(N2c3cccc(n3)N(c3ccc(C)cc3)c3cccc(n3)N(c3ccc(C)cc3)c3cccc(n3)N(c3ccc(C)cc3)c3cccc(n3)N(c3ccc(C)cc3)c3cccc(n3)N(c3ccc(C)cc3)c3cccc(n3)N(c3ccc(C)cc3)c3cccc2n3)cc1. The van der Waals surface area contributed by atoms with Crippen LogP contribution in [0, 0.1) is 48.5 Å². The van der Waals surface area contributed by atoms with Crippen LogP contribution in [0.1, 0.15) is 38.9 Å². The summed E-state index contributed by atoms with van der Waals surface area (Å²) in [5.74, 6) is 8.81. The van der Waals surface area contributed by atoms with E-state index in [1.807, 2.05) is 127 Å². The molecule has 1 aliphatic heterocycles. The van der Waals surface area contributed by atoms with Crippen molar-refractivity contribution >= 4 is 121 Å². The van der Waals surface area contributed by atoms with Crippen LogP contribution in [0.15, 0.2) is 297 Å². The zero-order valence-corrected chi connectivity index (χ0v) is 55.6. The maximum atomic E-state index is 5.64. The first kappa shape index (κ1) is 61.4. The average Bonchev–Trinajstić information content (AvgIpc) is 0.789. The van der Waals surface area contributed by atoms with Crippen molar-refractivity contribution in [2.45, 2.75) is 48.5 Å². The number of rotatable bonds is 7. The minimum absolute atomic E-state index is 0.629. The molecule has 0 unspecified atom stereocenters. The molecular formula is C84H70N14. The van der Waals surface area contributed by atoms with E-state index in [4.69, 9.17) is 34.9 Å². The van der Waals surface area contributed by atoms with Crippen LogP contribution in [0.5, 0.6) is 0 Å². The Morgan fingerprint density at radius 2 is 0.224 bits per heavy atom. The van der Waals surface area contributed by atoms with Gasteiger partial charge in [0.2, 0.25) is 0 Å². The van der Waals surface area contributed by atoms with E-state index in [2.05, 4.69) is 253 Å². The molecule has 0 amide bonds. The topological polar surface area (TPSA) is 113 Å². The van der Waals surface area contributed by atoms with Gasteiger partial charge in [-0.2, -0.15) is 0 Å². The Labute approximate surface area is 572 Å². The zero-order chi connectivity index (χ0) is 66.8. The largest absolute Gasteiger partial charge is 0.279 e. The van der Waals surface area contributed by atoms with Gasteiger partial charge in [0.05, 0.1) is 0 Å². The molecule has 1 aliphatic rings. The first-order valence-corrected chi connectivity index (χ1v) is 32.8. The summed E-state index contributed by atoms with van der Waals surface area (Å²) in [5, 5.41) is 0. The molecule has 14 aromatic rings. The summed E-state index contributed by atoms with van der Waals surface area (Å²) in [7, 11) is 0. The van der Waals surface area contributed by atoms with Gasteiger partial charge in [0.1, 0.15) is 81.5 Å². The predicted molar refractivity (Wildman–Crippen MR) is 401 cm³/mol. The van der Waals surface area contributed by atoms with Crippen LogP contribution >= 0.6 is 0 Å². The fraction of sp³-hybridized carbons (Fsp3) is 0.0833. The van der Waals surface area contributed by atoms with Crippen molar-refractivity contribution in [3.8, 4) is 0 Å². The molecule has 7 aromatic carbocycles. The summed E-state index contributed by atoms with van der Waals surface area (Å²) in [5.41, 5.74) is 13.9. The molecule has 0 aliphatic carbocycles. The number of fused-ring (bicyclic) bond motifs is 14. The van der Waals surface area contributed by atoms with Crippen LogP contribution in [0.4, 0.5) is 121 Å². The molecule has 98 heavy (non-hydrogen) atoms. The molecule has 0 spiro atoms. The Morgan fingerprint density at radius 3 is 0.316 bits per heavy atom. The highest BCUT2D eigenvalue weighted by Crippen LogP contribution is 2.45. The molecule has 476 valence electrons. The Morgan fingerprint density at radius 1 is 0.133 bits per heavy atom. The third-order valence-corrected chi connectivity index (χ3v) is 17.3. The van der Waals surface area contributed by atoms with Crippen LogP contribution < -0.4 is 34.3 Å². The molecule has 7 aromatic heterocycles. The molecule has 14 nitrogen and oxygen atoms in total. The summed E-state index contributed by atoms with van der Waals surface area (Å²) >= 11 is 0. The monoisotopic (exact) mass is 1270 g/mol. The highest BCUT2D eigenvalue weighted by atomic mass is 15.4. The van der Waals surface area contributed by atoms with E-state index in [0.717, 1.165) is 78.8 Å². The second-order valence-electron chi connectivity index (χ2n) is 24.7. The van der Waals surface area contributed by atoms with Gasteiger partial charge in [-0.3, -0.25) is 34.3 Å². The Bertz CT molecular complexity index is 4100. The predicted octanol–water partition coefficient (Wildman–Crippen LogP) is 22.2. The number of hydrogen-bond acceptors (Lipinski definition) is 14. The average molecular weight is 1280 g/mol. The van der Waals surface area contributed by atoms with Gasteiger partial charge in [-0.25, -0.2) is 34.9 Å². The quantitative estimate of drug-likeness (QED) is 0.151. The van der Waals surface area contributed by atoms with E-state index < -0.39 is 0 Å². The first-order chi connectivity index (χ1) is 47.9. The molecule has 14 bridgehead atoms.